The highest BCUT2D eigenvalue weighted by Gasteiger charge is 2.22. The van der Waals surface area contributed by atoms with Crippen LogP contribution in [-0.4, -0.2) is 60.0 Å². The summed E-state index contributed by atoms with van der Waals surface area (Å²) in [5, 5.41) is 0. The standard InChI is InChI=1S/C19H17FN4O2.C19H17FN4O/c1-10-18-11(2)23-19(13-9-21-6-5-15(13)25-3)24(18)14-7-12(20)8-16(26-4)17(14)22-10;1-10-5-6-21-9-14(10)19-23-12(3)18-11(2)22-17-15(24(18)19)7-13(20)8-16(17)25-4/h5-9H,1-4H3;5-9H,1-4H3. The average molecular weight is 689 g/mol. The second-order valence-corrected chi connectivity index (χ2v) is 12.0. The third kappa shape index (κ3) is 5.50. The number of fused-ring (bicyclic) bond motifs is 6. The molecule has 2 aromatic carbocycles. The van der Waals surface area contributed by atoms with Crippen LogP contribution in [0.3, 0.4) is 0 Å². The van der Waals surface area contributed by atoms with E-state index in [0.717, 1.165) is 50.8 Å². The number of hydrogen-bond donors (Lipinski definition) is 0. The Morgan fingerprint density at radius 3 is 1.43 bits per heavy atom. The molecule has 0 N–H and O–H groups in total. The van der Waals surface area contributed by atoms with E-state index in [9.17, 15) is 8.78 Å². The molecule has 11 nitrogen and oxygen atoms in total. The maximum atomic E-state index is 14.2. The van der Waals surface area contributed by atoms with Crippen LogP contribution in [0.2, 0.25) is 0 Å². The van der Waals surface area contributed by atoms with Gasteiger partial charge in [0.15, 0.2) is 5.82 Å². The van der Waals surface area contributed by atoms with Crippen molar-refractivity contribution in [3.63, 3.8) is 0 Å². The molecule has 0 radical (unpaired) electrons. The van der Waals surface area contributed by atoms with Gasteiger partial charge in [-0.25, -0.2) is 28.7 Å². The minimum Gasteiger partial charge on any atom is -0.496 e. The molecule has 258 valence electrons. The van der Waals surface area contributed by atoms with Crippen molar-refractivity contribution < 1.29 is 23.0 Å². The van der Waals surface area contributed by atoms with E-state index in [1.807, 2.05) is 49.5 Å². The Balaban J connectivity index is 0.000000159. The molecular formula is C38H34F2N8O3. The number of aromatic nitrogens is 8. The van der Waals surface area contributed by atoms with Crippen LogP contribution in [0.1, 0.15) is 28.3 Å². The van der Waals surface area contributed by atoms with Crippen LogP contribution in [0.15, 0.2) is 61.2 Å². The summed E-state index contributed by atoms with van der Waals surface area (Å²) in [6.45, 7) is 9.66. The summed E-state index contributed by atoms with van der Waals surface area (Å²) >= 11 is 0. The summed E-state index contributed by atoms with van der Waals surface area (Å²) in [4.78, 5) is 27.1. The number of hydrogen-bond acceptors (Lipinski definition) is 9. The maximum absolute atomic E-state index is 14.2. The van der Waals surface area contributed by atoms with Crippen molar-refractivity contribution in [1.29, 1.82) is 0 Å². The fourth-order valence-corrected chi connectivity index (χ4v) is 6.60. The van der Waals surface area contributed by atoms with Gasteiger partial charge >= 0.3 is 0 Å². The molecular weight excluding hydrogens is 654 g/mol. The lowest BCUT2D eigenvalue weighted by atomic mass is 10.1. The Morgan fingerprint density at radius 2 is 0.961 bits per heavy atom. The van der Waals surface area contributed by atoms with E-state index in [-0.39, 0.29) is 5.82 Å². The molecule has 0 saturated carbocycles. The third-order valence-corrected chi connectivity index (χ3v) is 8.83. The van der Waals surface area contributed by atoms with Gasteiger partial charge in [-0.05, 0) is 52.3 Å². The number of methoxy groups -OCH3 is 3. The van der Waals surface area contributed by atoms with Gasteiger partial charge in [-0.2, -0.15) is 0 Å². The largest absolute Gasteiger partial charge is 0.496 e. The highest BCUT2D eigenvalue weighted by molar-refractivity contribution is 5.89. The van der Waals surface area contributed by atoms with Crippen molar-refractivity contribution in [2.75, 3.05) is 21.3 Å². The van der Waals surface area contributed by atoms with E-state index < -0.39 is 5.82 Å². The first kappa shape index (κ1) is 33.3. The first-order valence-electron chi connectivity index (χ1n) is 16.0. The zero-order valence-corrected chi connectivity index (χ0v) is 29.3. The van der Waals surface area contributed by atoms with Gasteiger partial charge in [0.2, 0.25) is 0 Å². The predicted molar refractivity (Wildman–Crippen MR) is 191 cm³/mol. The minimum atomic E-state index is -0.406. The van der Waals surface area contributed by atoms with Crippen LogP contribution >= 0.6 is 0 Å². The van der Waals surface area contributed by atoms with Crippen molar-refractivity contribution in [1.82, 2.24) is 38.7 Å². The van der Waals surface area contributed by atoms with Gasteiger partial charge in [0, 0.05) is 54.6 Å². The molecule has 0 spiro atoms. The van der Waals surface area contributed by atoms with E-state index in [4.69, 9.17) is 24.2 Å². The fraction of sp³-hybridized carbons (Fsp3) is 0.211. The van der Waals surface area contributed by atoms with Crippen LogP contribution < -0.4 is 14.2 Å². The topological polar surface area (TPSA) is 114 Å². The minimum absolute atomic E-state index is 0.375. The number of imidazole rings is 2. The van der Waals surface area contributed by atoms with Gasteiger partial charge in [-0.3, -0.25) is 18.8 Å². The molecule has 6 heterocycles. The molecule has 0 saturated heterocycles. The summed E-state index contributed by atoms with van der Waals surface area (Å²) in [5.41, 5.74) is 9.96. The second kappa shape index (κ2) is 12.9. The number of ether oxygens (including phenoxy) is 3. The molecule has 13 heteroatoms. The van der Waals surface area contributed by atoms with Gasteiger partial charge in [-0.1, -0.05) is 0 Å². The smallest absolute Gasteiger partial charge is 0.150 e. The zero-order chi connectivity index (χ0) is 36.1. The summed E-state index contributed by atoms with van der Waals surface area (Å²) in [6.07, 6.45) is 6.86. The highest BCUT2D eigenvalue weighted by atomic mass is 19.1. The molecule has 0 aliphatic rings. The molecule has 0 aliphatic carbocycles. The molecule has 0 fully saturated rings. The van der Waals surface area contributed by atoms with Crippen LogP contribution in [-0.2, 0) is 0 Å². The molecule has 0 amide bonds. The molecule has 8 rings (SSSR count). The fourth-order valence-electron chi connectivity index (χ4n) is 6.60. The highest BCUT2D eigenvalue weighted by Crippen LogP contribution is 2.36. The number of benzene rings is 2. The lowest BCUT2D eigenvalue weighted by Gasteiger charge is -2.12. The van der Waals surface area contributed by atoms with Gasteiger partial charge in [0.1, 0.15) is 45.7 Å². The lowest BCUT2D eigenvalue weighted by molar-refractivity contribution is 0.415. The number of halogens is 2. The van der Waals surface area contributed by atoms with Gasteiger partial charge in [-0.15, -0.1) is 0 Å². The van der Waals surface area contributed by atoms with Gasteiger partial charge in [0.05, 0.1) is 71.7 Å². The molecule has 0 atom stereocenters. The van der Waals surface area contributed by atoms with Crippen molar-refractivity contribution in [3.05, 3.63) is 101 Å². The predicted octanol–water partition coefficient (Wildman–Crippen LogP) is 7.74. The molecule has 0 unspecified atom stereocenters. The summed E-state index contributed by atoms with van der Waals surface area (Å²) < 4.78 is 48.4. The SMILES string of the molecule is COc1cc(F)cc2c1nc(C)c1c(C)nc(-c3cnccc3C)n12.COc1ccncc1-c1nc(C)c2c(C)nc3c(OC)cc(F)cc3n12. The second-order valence-electron chi connectivity index (χ2n) is 12.0. The van der Waals surface area contributed by atoms with E-state index in [0.29, 0.717) is 50.7 Å². The van der Waals surface area contributed by atoms with Gasteiger partial charge in [0.25, 0.3) is 0 Å². The first-order chi connectivity index (χ1) is 24.6. The summed E-state index contributed by atoms with van der Waals surface area (Å²) in [6, 6.07) is 9.28. The Labute approximate surface area is 291 Å². The Hall–Kier alpha value is -6.24. The molecule has 8 aromatic rings. The summed E-state index contributed by atoms with van der Waals surface area (Å²) in [5.74, 6) is 1.97. The van der Waals surface area contributed by atoms with Crippen LogP contribution in [0.5, 0.6) is 17.2 Å². The number of nitrogens with zero attached hydrogens (tertiary/aromatic N) is 8. The van der Waals surface area contributed by atoms with Crippen LogP contribution in [0.25, 0.3) is 55.9 Å². The maximum Gasteiger partial charge on any atom is 0.150 e. The zero-order valence-electron chi connectivity index (χ0n) is 29.3. The molecule has 51 heavy (non-hydrogen) atoms. The Kier molecular flexibility index (Phi) is 8.41. The normalized spacial score (nSPS) is 11.3. The number of rotatable bonds is 5. The Bertz CT molecular complexity index is 2650. The van der Waals surface area contributed by atoms with Crippen molar-refractivity contribution in [3.8, 4) is 40.0 Å². The third-order valence-electron chi connectivity index (χ3n) is 8.83. The molecule has 0 bridgehead atoms. The number of pyridine rings is 2. The molecule has 6 aromatic heterocycles. The van der Waals surface area contributed by atoms with Crippen molar-refractivity contribution in [2.45, 2.75) is 34.6 Å². The van der Waals surface area contributed by atoms with Crippen LogP contribution in [0, 0.1) is 46.3 Å². The van der Waals surface area contributed by atoms with Gasteiger partial charge < -0.3 is 14.2 Å². The van der Waals surface area contributed by atoms with E-state index in [1.54, 1.807) is 38.0 Å². The Morgan fingerprint density at radius 1 is 0.529 bits per heavy atom. The molecule has 0 aliphatic heterocycles. The van der Waals surface area contributed by atoms with E-state index >= 15 is 0 Å². The monoisotopic (exact) mass is 688 g/mol. The van der Waals surface area contributed by atoms with Crippen molar-refractivity contribution >= 4 is 33.1 Å². The lowest BCUT2D eigenvalue weighted by Crippen LogP contribution is -2.01. The summed E-state index contributed by atoms with van der Waals surface area (Å²) in [7, 11) is 4.61. The average Bonchev–Trinajstić information content (AvgIpc) is 3.66. The van der Waals surface area contributed by atoms with E-state index in [1.165, 1.54) is 38.5 Å². The van der Waals surface area contributed by atoms with Crippen molar-refractivity contribution in [2.24, 2.45) is 0 Å². The first-order valence-corrected chi connectivity index (χ1v) is 16.0. The van der Waals surface area contributed by atoms with E-state index in [2.05, 4.69) is 19.9 Å². The number of aryl methyl sites for hydroxylation is 5. The quantitative estimate of drug-likeness (QED) is 0.179. The van der Waals surface area contributed by atoms with Crippen LogP contribution in [0.4, 0.5) is 8.78 Å².